The maximum absolute atomic E-state index is 12.0. The number of nitrogens with one attached hydrogen (secondary N) is 1. The van der Waals surface area contributed by atoms with Gasteiger partial charge in [0.05, 0.1) is 0 Å². The van der Waals surface area contributed by atoms with Gasteiger partial charge >= 0.3 is 5.97 Å². The van der Waals surface area contributed by atoms with Crippen molar-refractivity contribution in [3.8, 4) is 0 Å². The third kappa shape index (κ3) is 5.19. The summed E-state index contributed by atoms with van der Waals surface area (Å²) >= 11 is 0. The van der Waals surface area contributed by atoms with Crippen molar-refractivity contribution in [3.63, 3.8) is 0 Å². The highest BCUT2D eigenvalue weighted by Gasteiger charge is 2.24. The van der Waals surface area contributed by atoms with Crippen LogP contribution in [0.2, 0.25) is 0 Å². The minimum atomic E-state index is -0.984. The molecule has 2 rings (SSSR count). The molecule has 2 heterocycles. The normalized spacial score (nSPS) is 16.9. The quantitative estimate of drug-likeness (QED) is 0.768. The number of carbonyl (C=O) groups is 2. The molecule has 7 nitrogen and oxygen atoms in total. The highest BCUT2D eigenvalue weighted by atomic mass is 16.4. The Labute approximate surface area is 142 Å². The van der Waals surface area contributed by atoms with Crippen LogP contribution >= 0.6 is 0 Å². The molecule has 0 spiro atoms. The lowest BCUT2D eigenvalue weighted by Crippen LogP contribution is -2.48. The van der Waals surface area contributed by atoms with Crippen LogP contribution in [-0.2, 0) is 9.59 Å². The fraction of sp³-hybridized carbons (Fsp3) is 0.588. The van der Waals surface area contributed by atoms with Crippen molar-refractivity contribution in [3.05, 3.63) is 24.4 Å². The number of carboxylic acids is 1. The van der Waals surface area contributed by atoms with Gasteiger partial charge in [0.15, 0.2) is 0 Å². The first-order valence-electron chi connectivity index (χ1n) is 8.38. The van der Waals surface area contributed by atoms with E-state index in [1.807, 2.05) is 18.2 Å². The van der Waals surface area contributed by atoms with Crippen molar-refractivity contribution < 1.29 is 14.7 Å². The zero-order valence-corrected chi connectivity index (χ0v) is 14.3. The largest absolute Gasteiger partial charge is 0.480 e. The van der Waals surface area contributed by atoms with E-state index in [9.17, 15) is 9.59 Å². The van der Waals surface area contributed by atoms with Crippen LogP contribution in [0.25, 0.3) is 0 Å². The van der Waals surface area contributed by atoms with E-state index in [0.717, 1.165) is 32.0 Å². The van der Waals surface area contributed by atoms with Crippen molar-refractivity contribution in [2.45, 2.75) is 26.3 Å². The van der Waals surface area contributed by atoms with Gasteiger partial charge in [0.1, 0.15) is 11.9 Å². The standard InChI is InChI=1S/C17H26N4O3/c1-13(2)16(17(23)24)19-15(22)6-8-20-9-11-21(12-10-20)14-5-3-4-7-18-14/h3-5,7,13,16H,6,8-12H2,1-2H3,(H,19,22)(H,23,24)/t16-/m0/s1. The minimum absolute atomic E-state index is 0.131. The molecular formula is C17H26N4O3. The molecule has 0 radical (unpaired) electrons. The Hall–Kier alpha value is -2.15. The van der Waals surface area contributed by atoms with E-state index in [1.54, 1.807) is 20.0 Å². The van der Waals surface area contributed by atoms with Gasteiger partial charge in [-0.05, 0) is 18.1 Å². The summed E-state index contributed by atoms with van der Waals surface area (Å²) in [6.45, 7) is 7.72. The summed E-state index contributed by atoms with van der Waals surface area (Å²) in [5, 5.41) is 11.7. The summed E-state index contributed by atoms with van der Waals surface area (Å²) in [6.07, 6.45) is 2.11. The molecule has 0 aliphatic carbocycles. The predicted octanol–water partition coefficient (Wildman–Crippen LogP) is 0.819. The second-order valence-electron chi connectivity index (χ2n) is 6.39. The molecule has 24 heavy (non-hydrogen) atoms. The predicted molar refractivity (Wildman–Crippen MR) is 91.9 cm³/mol. The highest BCUT2D eigenvalue weighted by molar-refractivity contribution is 5.83. The Morgan fingerprint density at radius 3 is 2.50 bits per heavy atom. The molecule has 0 aromatic carbocycles. The Balaban J connectivity index is 1.72. The van der Waals surface area contributed by atoms with Crippen molar-refractivity contribution >= 4 is 17.7 Å². The average molecular weight is 334 g/mol. The number of carbonyl (C=O) groups excluding carboxylic acids is 1. The molecule has 1 aliphatic rings. The van der Waals surface area contributed by atoms with E-state index >= 15 is 0 Å². The molecule has 1 saturated heterocycles. The SMILES string of the molecule is CC(C)[C@H](NC(=O)CCN1CCN(c2ccccn2)CC1)C(=O)O. The lowest BCUT2D eigenvalue weighted by atomic mass is 10.0. The maximum atomic E-state index is 12.0. The van der Waals surface area contributed by atoms with Crippen molar-refractivity contribution in [2.24, 2.45) is 5.92 Å². The number of anilines is 1. The Morgan fingerprint density at radius 1 is 1.25 bits per heavy atom. The van der Waals surface area contributed by atoms with Crippen molar-refractivity contribution in [1.29, 1.82) is 0 Å². The lowest BCUT2D eigenvalue weighted by Gasteiger charge is -2.35. The van der Waals surface area contributed by atoms with Gasteiger partial charge in [-0.3, -0.25) is 9.69 Å². The van der Waals surface area contributed by atoms with Gasteiger partial charge in [-0.2, -0.15) is 0 Å². The molecule has 132 valence electrons. The monoisotopic (exact) mass is 334 g/mol. The van der Waals surface area contributed by atoms with Crippen LogP contribution in [0, 0.1) is 5.92 Å². The van der Waals surface area contributed by atoms with Crippen LogP contribution < -0.4 is 10.2 Å². The first-order chi connectivity index (χ1) is 11.5. The number of aromatic nitrogens is 1. The van der Waals surface area contributed by atoms with Gasteiger partial charge in [0.2, 0.25) is 5.91 Å². The number of nitrogens with zero attached hydrogens (tertiary/aromatic N) is 3. The Bertz CT molecular complexity index is 542. The molecule has 7 heteroatoms. The molecule has 2 N–H and O–H groups in total. The molecule has 1 amide bonds. The van der Waals surface area contributed by atoms with Gasteiger partial charge in [-0.1, -0.05) is 19.9 Å². The van der Waals surface area contributed by atoms with Crippen LogP contribution in [-0.4, -0.2) is 65.6 Å². The summed E-state index contributed by atoms with van der Waals surface area (Å²) in [5.74, 6) is -0.338. The molecule has 0 bridgehead atoms. The number of rotatable bonds is 7. The molecule has 0 unspecified atom stereocenters. The van der Waals surface area contributed by atoms with Crippen LogP contribution in [0.4, 0.5) is 5.82 Å². The van der Waals surface area contributed by atoms with E-state index < -0.39 is 12.0 Å². The number of pyridine rings is 1. The van der Waals surface area contributed by atoms with Crippen LogP contribution in [0.5, 0.6) is 0 Å². The third-order valence-corrected chi connectivity index (χ3v) is 4.25. The second kappa shape index (κ2) is 8.63. The third-order valence-electron chi connectivity index (χ3n) is 4.25. The fourth-order valence-corrected chi connectivity index (χ4v) is 2.76. The number of amides is 1. The van der Waals surface area contributed by atoms with Crippen LogP contribution in [0.3, 0.4) is 0 Å². The smallest absolute Gasteiger partial charge is 0.326 e. The Kier molecular flexibility index (Phi) is 6.54. The van der Waals surface area contributed by atoms with Gasteiger partial charge in [0.25, 0.3) is 0 Å². The number of piperazine rings is 1. The molecular weight excluding hydrogens is 308 g/mol. The topological polar surface area (TPSA) is 85.8 Å². The van der Waals surface area contributed by atoms with Gasteiger partial charge in [-0.25, -0.2) is 9.78 Å². The zero-order chi connectivity index (χ0) is 17.5. The van der Waals surface area contributed by atoms with Gasteiger partial charge in [0, 0.05) is 45.3 Å². The van der Waals surface area contributed by atoms with E-state index in [-0.39, 0.29) is 11.8 Å². The fourth-order valence-electron chi connectivity index (χ4n) is 2.76. The van der Waals surface area contributed by atoms with Gasteiger partial charge in [-0.15, -0.1) is 0 Å². The van der Waals surface area contributed by atoms with Crippen molar-refractivity contribution in [2.75, 3.05) is 37.6 Å². The maximum Gasteiger partial charge on any atom is 0.326 e. The molecule has 1 atom stereocenters. The minimum Gasteiger partial charge on any atom is -0.480 e. The first kappa shape index (κ1) is 18.2. The molecule has 1 aromatic heterocycles. The summed E-state index contributed by atoms with van der Waals surface area (Å²) in [4.78, 5) is 31.9. The van der Waals surface area contributed by atoms with Crippen LogP contribution in [0.1, 0.15) is 20.3 Å². The van der Waals surface area contributed by atoms with E-state index in [2.05, 4.69) is 20.1 Å². The second-order valence-corrected chi connectivity index (χ2v) is 6.39. The molecule has 0 saturated carbocycles. The average Bonchev–Trinajstić information content (AvgIpc) is 2.58. The summed E-state index contributed by atoms with van der Waals surface area (Å²) in [5.41, 5.74) is 0. The lowest BCUT2D eigenvalue weighted by molar-refractivity contribution is -0.143. The van der Waals surface area contributed by atoms with E-state index in [1.165, 1.54) is 0 Å². The van der Waals surface area contributed by atoms with Gasteiger partial charge < -0.3 is 15.3 Å². The van der Waals surface area contributed by atoms with Crippen LogP contribution in [0.15, 0.2) is 24.4 Å². The highest BCUT2D eigenvalue weighted by Crippen LogP contribution is 2.12. The first-order valence-corrected chi connectivity index (χ1v) is 8.38. The summed E-state index contributed by atoms with van der Waals surface area (Å²) in [6, 6.07) is 5.06. The van der Waals surface area contributed by atoms with E-state index in [0.29, 0.717) is 13.0 Å². The molecule has 1 aliphatic heterocycles. The molecule has 1 fully saturated rings. The number of aliphatic carboxylic acids is 1. The number of hydrogen-bond donors (Lipinski definition) is 2. The van der Waals surface area contributed by atoms with Crippen molar-refractivity contribution in [1.82, 2.24) is 15.2 Å². The van der Waals surface area contributed by atoms with E-state index in [4.69, 9.17) is 5.11 Å². The summed E-state index contributed by atoms with van der Waals surface area (Å²) in [7, 11) is 0. The zero-order valence-electron chi connectivity index (χ0n) is 14.3. The number of carboxylic acid groups (broad SMARTS) is 1. The molecule has 1 aromatic rings. The number of hydrogen-bond acceptors (Lipinski definition) is 5. The summed E-state index contributed by atoms with van der Waals surface area (Å²) < 4.78 is 0. The Morgan fingerprint density at radius 2 is 1.96 bits per heavy atom.